The van der Waals surface area contributed by atoms with Gasteiger partial charge in [0, 0.05) is 33.3 Å². The van der Waals surface area contributed by atoms with Crippen molar-refractivity contribution in [2.75, 3.05) is 4.90 Å². The first-order valence-electron chi connectivity index (χ1n) is 20.8. The molecule has 0 aromatic heterocycles. The monoisotopic (exact) mass is 755 g/mol. The van der Waals surface area contributed by atoms with E-state index in [-0.39, 0.29) is 10.8 Å². The van der Waals surface area contributed by atoms with Crippen LogP contribution in [0.1, 0.15) is 49.9 Å². The second-order valence-corrected chi connectivity index (χ2v) is 17.4. The Balaban J connectivity index is 1.15. The highest BCUT2D eigenvalue weighted by Gasteiger charge is 2.39. The molecule has 59 heavy (non-hydrogen) atoms. The van der Waals surface area contributed by atoms with E-state index in [1.54, 1.807) is 0 Å². The number of para-hydroxylation sites is 1. The van der Waals surface area contributed by atoms with Crippen LogP contribution in [0.15, 0.2) is 200 Å². The average Bonchev–Trinajstić information content (AvgIpc) is 3.64. The highest BCUT2D eigenvalue weighted by Crippen LogP contribution is 2.55. The predicted molar refractivity (Wildman–Crippen MR) is 250 cm³/mol. The summed E-state index contributed by atoms with van der Waals surface area (Å²) in [6.07, 6.45) is 0. The largest absolute Gasteiger partial charge is 0.309 e. The Morgan fingerprint density at radius 3 is 1.25 bits per heavy atom. The van der Waals surface area contributed by atoms with Crippen LogP contribution in [0.4, 0.5) is 17.1 Å². The van der Waals surface area contributed by atoms with E-state index in [1.165, 1.54) is 94.3 Å². The van der Waals surface area contributed by atoms with E-state index >= 15 is 0 Å². The maximum Gasteiger partial charge on any atom is 0.0618 e. The minimum absolute atomic E-state index is 0.185. The first kappa shape index (κ1) is 35.2. The van der Waals surface area contributed by atoms with Crippen LogP contribution in [0.3, 0.4) is 0 Å². The van der Waals surface area contributed by atoms with Crippen molar-refractivity contribution in [2.45, 2.75) is 38.5 Å². The fourth-order valence-corrected chi connectivity index (χ4v) is 10.1. The van der Waals surface area contributed by atoms with Gasteiger partial charge in [0.2, 0.25) is 0 Å². The lowest BCUT2D eigenvalue weighted by molar-refractivity contribution is 0.660. The zero-order valence-corrected chi connectivity index (χ0v) is 34.0. The van der Waals surface area contributed by atoms with Crippen molar-refractivity contribution in [3.63, 3.8) is 0 Å². The first-order valence-corrected chi connectivity index (χ1v) is 20.8. The fraction of sp³-hybridized carbons (Fsp3) is 0.103. The third-order valence-corrected chi connectivity index (χ3v) is 13.2. The molecule has 0 unspecified atom stereocenters. The molecule has 0 heterocycles. The predicted octanol–water partition coefficient (Wildman–Crippen LogP) is 15.9. The Hall–Kier alpha value is -6.96. The van der Waals surface area contributed by atoms with Gasteiger partial charge in [-0.25, -0.2) is 0 Å². The lowest BCUT2D eigenvalue weighted by Crippen LogP contribution is -2.18. The molecule has 0 amide bonds. The van der Waals surface area contributed by atoms with Crippen LogP contribution in [0, 0.1) is 0 Å². The molecule has 0 aliphatic heterocycles. The molecule has 2 aliphatic rings. The molecule has 0 fully saturated rings. The molecule has 0 N–H and O–H groups in total. The quantitative estimate of drug-likeness (QED) is 0.163. The third kappa shape index (κ3) is 5.53. The highest BCUT2D eigenvalue weighted by atomic mass is 15.1. The van der Waals surface area contributed by atoms with E-state index in [1.807, 2.05) is 0 Å². The number of rotatable bonds is 6. The SMILES string of the molecule is CC1(C)c2cc(-c3ccccc3)ccc2-c2ccc(N(c3ccc4c(c3)C(C)(C)c3cc5ccccc5cc3-4)c3c(-c4ccccc4)cccc3-c3ccccc3)cc21. The normalized spacial score (nSPS) is 14.0. The van der Waals surface area contributed by atoms with E-state index in [0.29, 0.717) is 0 Å². The Kier molecular flexibility index (Phi) is 7.94. The van der Waals surface area contributed by atoms with Crippen molar-refractivity contribution in [1.82, 2.24) is 0 Å². The van der Waals surface area contributed by atoms with Crippen LogP contribution in [-0.2, 0) is 10.8 Å². The number of hydrogen-bond donors (Lipinski definition) is 0. The summed E-state index contributed by atoms with van der Waals surface area (Å²) in [5, 5.41) is 2.57. The van der Waals surface area contributed by atoms with Gasteiger partial charge in [0.15, 0.2) is 0 Å². The van der Waals surface area contributed by atoms with Gasteiger partial charge in [0.25, 0.3) is 0 Å². The van der Waals surface area contributed by atoms with Crippen LogP contribution in [-0.4, -0.2) is 0 Å². The van der Waals surface area contributed by atoms with E-state index in [0.717, 1.165) is 11.4 Å². The third-order valence-electron chi connectivity index (χ3n) is 13.2. The summed E-state index contributed by atoms with van der Waals surface area (Å²) in [5.41, 5.74) is 21.1. The molecule has 0 atom stereocenters. The van der Waals surface area contributed by atoms with Gasteiger partial charge < -0.3 is 4.90 Å². The second kappa shape index (κ2) is 13.3. The maximum absolute atomic E-state index is 2.55. The Bertz CT molecular complexity index is 3020. The summed E-state index contributed by atoms with van der Waals surface area (Å²) in [5.74, 6) is 0. The van der Waals surface area contributed by atoms with Crippen molar-refractivity contribution < 1.29 is 0 Å². The molecule has 0 radical (unpaired) electrons. The topological polar surface area (TPSA) is 3.24 Å². The summed E-state index contributed by atoms with van der Waals surface area (Å²) >= 11 is 0. The minimum Gasteiger partial charge on any atom is -0.309 e. The average molecular weight is 756 g/mol. The molecule has 0 bridgehead atoms. The number of hydrogen-bond acceptors (Lipinski definition) is 1. The molecule has 11 rings (SSSR count). The Morgan fingerprint density at radius 2 is 0.712 bits per heavy atom. The van der Waals surface area contributed by atoms with E-state index < -0.39 is 0 Å². The van der Waals surface area contributed by atoms with E-state index in [2.05, 4.69) is 233 Å². The van der Waals surface area contributed by atoms with Gasteiger partial charge in [-0.3, -0.25) is 0 Å². The van der Waals surface area contributed by atoms with Gasteiger partial charge in [0.05, 0.1) is 5.69 Å². The fourth-order valence-electron chi connectivity index (χ4n) is 10.1. The van der Waals surface area contributed by atoms with Gasteiger partial charge in [-0.1, -0.05) is 185 Å². The molecule has 282 valence electrons. The van der Waals surface area contributed by atoms with Gasteiger partial charge in [-0.05, 0) is 120 Å². The second-order valence-electron chi connectivity index (χ2n) is 17.4. The molecule has 1 nitrogen and oxygen atoms in total. The van der Waals surface area contributed by atoms with Crippen LogP contribution < -0.4 is 4.90 Å². The van der Waals surface area contributed by atoms with Crippen molar-refractivity contribution in [3.8, 4) is 55.6 Å². The lowest BCUT2D eigenvalue weighted by Gasteiger charge is -2.33. The highest BCUT2D eigenvalue weighted by molar-refractivity contribution is 6.00. The van der Waals surface area contributed by atoms with Gasteiger partial charge in [-0.15, -0.1) is 0 Å². The minimum atomic E-state index is -0.206. The summed E-state index contributed by atoms with van der Waals surface area (Å²) in [6, 6.07) is 74.4. The van der Waals surface area contributed by atoms with Crippen molar-refractivity contribution in [3.05, 3.63) is 222 Å². The zero-order chi connectivity index (χ0) is 39.9. The van der Waals surface area contributed by atoms with Crippen LogP contribution in [0.5, 0.6) is 0 Å². The van der Waals surface area contributed by atoms with Gasteiger partial charge >= 0.3 is 0 Å². The molecular weight excluding hydrogens is 711 g/mol. The summed E-state index contributed by atoms with van der Waals surface area (Å²) in [6.45, 7) is 9.58. The van der Waals surface area contributed by atoms with Crippen LogP contribution >= 0.6 is 0 Å². The first-order chi connectivity index (χ1) is 28.8. The Morgan fingerprint density at radius 1 is 0.288 bits per heavy atom. The van der Waals surface area contributed by atoms with Crippen molar-refractivity contribution in [1.29, 1.82) is 0 Å². The van der Waals surface area contributed by atoms with Gasteiger partial charge in [0.1, 0.15) is 0 Å². The molecular formula is C58H45N. The van der Waals surface area contributed by atoms with Crippen LogP contribution in [0.2, 0.25) is 0 Å². The van der Waals surface area contributed by atoms with Crippen molar-refractivity contribution in [2.24, 2.45) is 0 Å². The van der Waals surface area contributed by atoms with Crippen LogP contribution in [0.25, 0.3) is 66.4 Å². The van der Waals surface area contributed by atoms with E-state index in [9.17, 15) is 0 Å². The Labute approximate surface area is 347 Å². The summed E-state index contributed by atoms with van der Waals surface area (Å²) in [4.78, 5) is 2.55. The van der Waals surface area contributed by atoms with Gasteiger partial charge in [-0.2, -0.15) is 0 Å². The zero-order valence-electron chi connectivity index (χ0n) is 34.0. The number of fused-ring (bicyclic) bond motifs is 7. The standard InChI is InChI=1S/C58H45N/c1-57(2)52-35-43(38-17-8-5-9-18-38)27-30-48(52)49-31-28-44(36-54(49)57)59(56-46(39-19-10-6-11-20-39)25-16-26-47(56)40-21-12-7-13-22-40)45-29-32-50-51-33-41-23-14-15-24-42(41)34-53(51)58(3,4)55(50)37-45/h5-37H,1-4H3. The molecule has 9 aromatic rings. The summed E-state index contributed by atoms with van der Waals surface area (Å²) in [7, 11) is 0. The molecule has 0 spiro atoms. The molecule has 0 saturated carbocycles. The van der Waals surface area contributed by atoms with E-state index in [4.69, 9.17) is 0 Å². The molecule has 2 aliphatic carbocycles. The molecule has 0 saturated heterocycles. The number of anilines is 3. The smallest absolute Gasteiger partial charge is 0.0618 e. The maximum atomic E-state index is 2.55. The van der Waals surface area contributed by atoms with Crippen molar-refractivity contribution >= 4 is 27.8 Å². The number of nitrogens with zero attached hydrogens (tertiary/aromatic N) is 1. The number of benzene rings is 9. The molecule has 1 heteroatoms. The lowest BCUT2D eigenvalue weighted by atomic mass is 9.81. The molecule has 9 aromatic carbocycles. The summed E-state index contributed by atoms with van der Waals surface area (Å²) < 4.78 is 0.